The average Bonchev–Trinajstić information content (AvgIpc) is 3.54. The second-order valence-electron chi connectivity index (χ2n) is 9.35. The fourth-order valence-electron chi connectivity index (χ4n) is 4.08. The molecule has 0 radical (unpaired) electrons. The number of thioether (sulfide) groups is 2. The van der Waals surface area contributed by atoms with Gasteiger partial charge >= 0.3 is 0 Å². The molecule has 232 valence electrons. The summed E-state index contributed by atoms with van der Waals surface area (Å²) in [5.41, 5.74) is 3.99. The predicted octanol–water partition coefficient (Wildman–Crippen LogP) is 6.06. The maximum absolute atomic E-state index is 12.1. The molecule has 6 aromatic rings. The van der Waals surface area contributed by atoms with Crippen LogP contribution in [0.15, 0.2) is 118 Å². The summed E-state index contributed by atoms with van der Waals surface area (Å²) in [7, 11) is -1.07. The highest BCUT2D eigenvalue weighted by Crippen LogP contribution is 2.29. The van der Waals surface area contributed by atoms with Crippen molar-refractivity contribution >= 4 is 88.6 Å². The number of aryl methyl sites for hydroxylation is 2. The first kappa shape index (κ1) is 34.4. The summed E-state index contributed by atoms with van der Waals surface area (Å²) in [6, 6.07) is 35.5. The lowest BCUT2D eigenvalue weighted by Crippen LogP contribution is -2.28. The van der Waals surface area contributed by atoms with Gasteiger partial charge in [0.1, 0.15) is 23.5 Å². The number of thiazole rings is 2. The Hall–Kier alpha value is -3.43. The molecule has 2 aromatic heterocycles. The zero-order chi connectivity index (χ0) is 32.4. The monoisotopic (exact) mass is 696 g/mol. The summed E-state index contributed by atoms with van der Waals surface area (Å²) in [4.78, 5) is 24.2. The number of aromatic nitrogens is 2. The van der Waals surface area contributed by atoms with Gasteiger partial charge in [0.05, 0.1) is 11.5 Å². The number of para-hydroxylation sites is 2. The molecule has 4 aromatic carbocycles. The molecule has 6 rings (SSSR count). The molecular formula is C32H28N2O6S5. The van der Waals surface area contributed by atoms with E-state index in [1.165, 1.54) is 20.4 Å². The van der Waals surface area contributed by atoms with E-state index in [-0.39, 0.29) is 11.6 Å². The van der Waals surface area contributed by atoms with Crippen LogP contribution < -0.4 is 9.13 Å². The van der Waals surface area contributed by atoms with E-state index >= 15 is 0 Å². The molecule has 0 aliphatic rings. The van der Waals surface area contributed by atoms with Crippen molar-refractivity contribution in [3.8, 4) is 0 Å². The lowest BCUT2D eigenvalue weighted by atomic mass is 10.2. The van der Waals surface area contributed by atoms with Crippen LogP contribution in [-0.2, 0) is 24.5 Å². The Morgan fingerprint density at radius 1 is 0.600 bits per heavy atom. The minimum absolute atomic E-state index is 0.174. The van der Waals surface area contributed by atoms with Crippen molar-refractivity contribution in [1.82, 2.24) is 0 Å². The fraction of sp³-hybridized carbons (Fsp3) is 0.125. The lowest BCUT2D eigenvalue weighted by Gasteiger charge is -2.06. The van der Waals surface area contributed by atoms with E-state index in [1.54, 1.807) is 46.2 Å². The number of Topliss-reactive ketones (excluding diaryl/α,β-unsaturated/α-hetero) is 2. The number of carbonyl (C=O) groups excluding carboxylic acids is 2. The van der Waals surface area contributed by atoms with Crippen molar-refractivity contribution in [2.45, 2.75) is 8.68 Å². The van der Waals surface area contributed by atoms with Crippen LogP contribution in [0.1, 0.15) is 20.7 Å². The molecular weight excluding hydrogens is 669 g/mol. The number of fused-ring (bicyclic) bond motifs is 2. The van der Waals surface area contributed by atoms with Crippen LogP contribution in [0.3, 0.4) is 0 Å². The largest absolute Gasteiger partial charge is 0.759 e. The number of benzene rings is 4. The third-order valence-corrected chi connectivity index (χ3v) is 11.3. The van der Waals surface area contributed by atoms with Crippen molar-refractivity contribution < 1.29 is 36.2 Å². The van der Waals surface area contributed by atoms with Crippen LogP contribution in [0.5, 0.6) is 0 Å². The van der Waals surface area contributed by atoms with Crippen molar-refractivity contribution in [2.24, 2.45) is 14.1 Å². The number of rotatable bonds is 8. The Labute approximate surface area is 278 Å². The summed E-state index contributed by atoms with van der Waals surface area (Å²) in [6.07, 6.45) is 0. The van der Waals surface area contributed by atoms with Crippen molar-refractivity contribution in [2.75, 3.05) is 11.5 Å². The Kier molecular flexibility index (Phi) is 12.4. The van der Waals surface area contributed by atoms with Gasteiger partial charge in [-0.2, -0.15) is 9.13 Å². The zero-order valence-corrected chi connectivity index (χ0v) is 28.3. The summed E-state index contributed by atoms with van der Waals surface area (Å²) in [5.74, 6) is 1.30. The fourth-order valence-corrected chi connectivity index (χ4v) is 8.63. The third kappa shape index (κ3) is 10.3. The van der Waals surface area contributed by atoms with Crippen LogP contribution in [-0.4, -0.2) is 40.6 Å². The van der Waals surface area contributed by atoms with E-state index in [2.05, 4.69) is 33.4 Å². The lowest BCUT2D eigenvalue weighted by molar-refractivity contribution is -0.676. The van der Waals surface area contributed by atoms with E-state index in [4.69, 9.17) is 17.5 Å². The number of ketones is 2. The number of nitrogens with zero attached hydrogens (tertiary/aromatic N) is 2. The molecule has 45 heavy (non-hydrogen) atoms. The topological polar surface area (TPSA) is 122 Å². The quantitative estimate of drug-likeness (QED) is 0.0619. The maximum Gasteiger partial charge on any atom is 0.298 e. The summed E-state index contributed by atoms with van der Waals surface area (Å²) in [6.45, 7) is 0. The highest BCUT2D eigenvalue weighted by atomic mass is 32.3. The summed E-state index contributed by atoms with van der Waals surface area (Å²) < 4.78 is 43.2. The molecule has 0 spiro atoms. The van der Waals surface area contributed by atoms with E-state index in [1.807, 2.05) is 99.0 Å². The van der Waals surface area contributed by atoms with Gasteiger partial charge in [-0.05, 0) is 35.7 Å². The molecule has 2 heterocycles. The number of hydrogen-bond acceptors (Lipinski definition) is 10. The van der Waals surface area contributed by atoms with Crippen LogP contribution in [0.4, 0.5) is 0 Å². The van der Waals surface area contributed by atoms with Gasteiger partial charge in [-0.3, -0.25) is 18.0 Å². The van der Waals surface area contributed by atoms with Gasteiger partial charge in [-0.1, -0.05) is 108 Å². The second kappa shape index (κ2) is 16.2. The van der Waals surface area contributed by atoms with Gasteiger partial charge in [-0.25, -0.2) is 0 Å². The molecule has 0 amide bonds. The van der Waals surface area contributed by atoms with Gasteiger partial charge in [0.2, 0.25) is 11.0 Å². The maximum atomic E-state index is 12.1. The van der Waals surface area contributed by atoms with E-state index in [0.29, 0.717) is 11.5 Å². The van der Waals surface area contributed by atoms with Crippen molar-refractivity contribution in [1.29, 1.82) is 0 Å². The Bertz CT molecular complexity index is 1870. The molecule has 0 bridgehead atoms. The van der Waals surface area contributed by atoms with Crippen molar-refractivity contribution in [3.63, 3.8) is 0 Å². The summed E-state index contributed by atoms with van der Waals surface area (Å²) in [5, 5.41) is 0. The van der Waals surface area contributed by atoms with Gasteiger partial charge in [-0.15, -0.1) is 0 Å². The molecule has 0 aliphatic carbocycles. The predicted molar refractivity (Wildman–Crippen MR) is 179 cm³/mol. The summed E-state index contributed by atoms with van der Waals surface area (Å²) >= 11 is 6.68. The van der Waals surface area contributed by atoms with Crippen LogP contribution >= 0.6 is 46.2 Å². The normalized spacial score (nSPS) is 10.9. The average molecular weight is 697 g/mol. The Morgan fingerprint density at radius 2 is 0.911 bits per heavy atom. The van der Waals surface area contributed by atoms with Crippen LogP contribution in [0.25, 0.3) is 20.4 Å². The van der Waals surface area contributed by atoms with Gasteiger partial charge in [0.15, 0.2) is 11.6 Å². The zero-order valence-electron chi connectivity index (χ0n) is 24.2. The molecule has 0 atom stereocenters. The molecule has 0 aliphatic heterocycles. The van der Waals surface area contributed by atoms with Crippen LogP contribution in [0, 0.1) is 0 Å². The highest BCUT2D eigenvalue weighted by molar-refractivity contribution is 8.01. The van der Waals surface area contributed by atoms with Gasteiger partial charge in [0.25, 0.3) is 8.68 Å². The first-order valence-corrected chi connectivity index (χ1v) is 18.3. The van der Waals surface area contributed by atoms with Gasteiger partial charge < -0.3 is 9.11 Å². The molecule has 0 fully saturated rings. The standard InChI is InChI=1S/2C16H14NOS2.H2O4S/c2*1-17-13-9-5-6-10-15(13)20-16(17)19-11-14(18)12-7-3-2-4-8-12;1-5(2,3)4/h2*2-10H,11H2,1H3;(H2,1,2,3,4)/q2*+1;/p-2. The first-order chi connectivity index (χ1) is 21.5. The van der Waals surface area contributed by atoms with Crippen molar-refractivity contribution in [3.05, 3.63) is 120 Å². The molecule has 13 heteroatoms. The van der Waals surface area contributed by atoms with E-state index < -0.39 is 10.4 Å². The van der Waals surface area contributed by atoms with E-state index in [9.17, 15) is 9.59 Å². The molecule has 0 saturated heterocycles. The SMILES string of the molecule is C[n+]1c(SCC(=O)c2ccccc2)sc2ccccc21.C[n+]1c(SCC(=O)c2ccccc2)sc2ccccc21.O=S(=O)([O-])[O-]. The molecule has 0 saturated carbocycles. The molecule has 8 nitrogen and oxygen atoms in total. The van der Waals surface area contributed by atoms with Crippen LogP contribution in [0.2, 0.25) is 0 Å². The highest BCUT2D eigenvalue weighted by Gasteiger charge is 2.19. The number of carbonyl (C=O) groups is 2. The van der Waals surface area contributed by atoms with E-state index in [0.717, 1.165) is 19.8 Å². The molecule has 0 N–H and O–H groups in total. The molecule has 0 unspecified atom stereocenters. The minimum Gasteiger partial charge on any atom is -0.759 e. The van der Waals surface area contributed by atoms with Gasteiger partial charge in [0, 0.05) is 33.7 Å². The Morgan fingerprint density at radius 3 is 1.24 bits per heavy atom. The Balaban J connectivity index is 0.000000179. The minimum atomic E-state index is -5.17. The smallest absolute Gasteiger partial charge is 0.298 e. The third-order valence-electron chi connectivity index (χ3n) is 6.24. The number of hydrogen-bond donors (Lipinski definition) is 0. The first-order valence-electron chi connectivity index (χ1n) is 13.3. The second-order valence-corrected chi connectivity index (χ2v) is 14.7.